The Hall–Kier alpha value is -1.99. The minimum absolute atomic E-state index is 0.0478. The number of non-ortho nitro benzene ring substituents is 1. The van der Waals surface area contributed by atoms with E-state index in [0.717, 1.165) is 25.0 Å². The third kappa shape index (κ3) is 3.35. The van der Waals surface area contributed by atoms with E-state index in [4.69, 9.17) is 11.6 Å². The molecule has 0 bridgehead atoms. The van der Waals surface area contributed by atoms with Gasteiger partial charge in [-0.05, 0) is 31.2 Å². The predicted octanol–water partition coefficient (Wildman–Crippen LogP) is 4.08. The summed E-state index contributed by atoms with van der Waals surface area (Å²) in [5.41, 5.74) is 1.10. The fourth-order valence-electron chi connectivity index (χ4n) is 2.56. The number of amides is 1. The number of hydrogen-bond acceptors (Lipinski definition) is 5. The van der Waals surface area contributed by atoms with Crippen molar-refractivity contribution in [3.05, 3.63) is 49.5 Å². The Labute approximate surface area is 141 Å². The maximum Gasteiger partial charge on any atom is 0.270 e. The zero-order valence-electron chi connectivity index (χ0n) is 12.3. The summed E-state index contributed by atoms with van der Waals surface area (Å²) in [7, 11) is 0. The molecule has 0 saturated carbocycles. The normalized spacial score (nSPS) is 16.7. The largest absolute Gasteiger partial charge is 0.298 e. The maximum absolute atomic E-state index is 12.3. The molecular formula is C15H14ClN3O3S. The van der Waals surface area contributed by atoms with Crippen molar-refractivity contribution in [2.45, 2.75) is 26.2 Å². The van der Waals surface area contributed by atoms with Crippen molar-refractivity contribution in [1.82, 2.24) is 4.98 Å². The van der Waals surface area contributed by atoms with Gasteiger partial charge in [0, 0.05) is 17.0 Å². The number of carbonyl (C=O) groups excluding carboxylic acids is 1. The molecule has 0 saturated heterocycles. The molecule has 0 aliphatic heterocycles. The van der Waals surface area contributed by atoms with Crippen LogP contribution in [0.1, 0.15) is 34.3 Å². The van der Waals surface area contributed by atoms with Gasteiger partial charge in [0.25, 0.3) is 11.6 Å². The molecule has 1 aliphatic carbocycles. The van der Waals surface area contributed by atoms with Crippen LogP contribution in [0.4, 0.5) is 10.8 Å². The number of rotatable bonds is 3. The second-order valence-electron chi connectivity index (χ2n) is 5.61. The molecule has 0 fully saturated rings. The Morgan fingerprint density at radius 3 is 3.00 bits per heavy atom. The molecular weight excluding hydrogens is 338 g/mol. The molecule has 23 heavy (non-hydrogen) atoms. The number of halogens is 1. The van der Waals surface area contributed by atoms with Crippen LogP contribution in [0, 0.1) is 16.0 Å². The first-order valence-corrected chi connectivity index (χ1v) is 8.37. The molecule has 1 atom stereocenters. The summed E-state index contributed by atoms with van der Waals surface area (Å²) in [6.07, 6.45) is 3.03. The predicted molar refractivity (Wildman–Crippen MR) is 89.4 cm³/mol. The van der Waals surface area contributed by atoms with E-state index in [1.807, 2.05) is 0 Å². The van der Waals surface area contributed by atoms with Gasteiger partial charge >= 0.3 is 0 Å². The van der Waals surface area contributed by atoms with Crippen LogP contribution in [-0.4, -0.2) is 15.8 Å². The third-order valence-electron chi connectivity index (χ3n) is 3.81. The highest BCUT2D eigenvalue weighted by atomic mass is 35.5. The van der Waals surface area contributed by atoms with Gasteiger partial charge in [-0.2, -0.15) is 0 Å². The first-order chi connectivity index (χ1) is 10.9. The summed E-state index contributed by atoms with van der Waals surface area (Å²) in [6.45, 7) is 2.21. The topological polar surface area (TPSA) is 85.1 Å². The van der Waals surface area contributed by atoms with E-state index in [0.29, 0.717) is 11.0 Å². The van der Waals surface area contributed by atoms with Gasteiger partial charge in [-0.15, -0.1) is 11.3 Å². The molecule has 0 spiro atoms. The number of thiazole rings is 1. The number of nitro groups is 1. The third-order valence-corrected chi connectivity index (χ3v) is 5.16. The number of fused-ring (bicyclic) bond motifs is 1. The van der Waals surface area contributed by atoms with E-state index < -0.39 is 10.8 Å². The summed E-state index contributed by atoms with van der Waals surface area (Å²) in [6, 6.07) is 3.78. The van der Waals surface area contributed by atoms with Gasteiger partial charge in [0.15, 0.2) is 5.13 Å². The highest BCUT2D eigenvalue weighted by molar-refractivity contribution is 7.15. The number of benzene rings is 1. The first-order valence-electron chi connectivity index (χ1n) is 7.18. The van der Waals surface area contributed by atoms with Crippen molar-refractivity contribution in [2.24, 2.45) is 5.92 Å². The molecule has 1 aliphatic rings. The van der Waals surface area contributed by atoms with Crippen molar-refractivity contribution in [1.29, 1.82) is 0 Å². The lowest BCUT2D eigenvalue weighted by Crippen LogP contribution is -2.12. The first kappa shape index (κ1) is 15.9. The summed E-state index contributed by atoms with van der Waals surface area (Å²) in [5.74, 6) is 0.222. The van der Waals surface area contributed by atoms with Crippen LogP contribution >= 0.6 is 22.9 Å². The van der Waals surface area contributed by atoms with Crippen molar-refractivity contribution >= 4 is 39.7 Å². The van der Waals surface area contributed by atoms with Gasteiger partial charge in [0.1, 0.15) is 0 Å². The fourth-order valence-corrected chi connectivity index (χ4v) is 3.99. The van der Waals surface area contributed by atoms with E-state index in [1.165, 1.54) is 34.4 Å². The van der Waals surface area contributed by atoms with E-state index in [9.17, 15) is 14.9 Å². The zero-order valence-corrected chi connectivity index (χ0v) is 13.9. The number of aromatic nitrogens is 1. The van der Waals surface area contributed by atoms with Crippen LogP contribution in [0.5, 0.6) is 0 Å². The summed E-state index contributed by atoms with van der Waals surface area (Å²) in [4.78, 5) is 28.1. The van der Waals surface area contributed by atoms with Crippen LogP contribution in [0.15, 0.2) is 18.2 Å². The Morgan fingerprint density at radius 1 is 1.52 bits per heavy atom. The molecule has 8 heteroatoms. The van der Waals surface area contributed by atoms with Gasteiger partial charge in [-0.1, -0.05) is 18.5 Å². The highest BCUT2D eigenvalue weighted by Gasteiger charge is 2.21. The van der Waals surface area contributed by atoms with Crippen molar-refractivity contribution in [2.75, 3.05) is 5.32 Å². The highest BCUT2D eigenvalue weighted by Crippen LogP contribution is 2.32. The monoisotopic (exact) mass is 351 g/mol. The van der Waals surface area contributed by atoms with Gasteiger partial charge in [0.2, 0.25) is 0 Å². The van der Waals surface area contributed by atoms with Gasteiger partial charge in [-0.25, -0.2) is 4.98 Å². The standard InChI is InChI=1S/C15H14ClN3O3S/c1-8-2-5-12-13(6-8)23-15(17-12)18-14(20)10-4-3-9(19(21)22)7-11(10)16/h3-4,7-8H,2,5-6H2,1H3,(H,17,18,20)/t8-/m0/s1. The number of nitrogens with zero attached hydrogens (tertiary/aromatic N) is 2. The quantitative estimate of drug-likeness (QED) is 0.666. The maximum atomic E-state index is 12.3. The number of anilines is 1. The molecule has 1 heterocycles. The van der Waals surface area contributed by atoms with E-state index >= 15 is 0 Å². The molecule has 0 unspecified atom stereocenters. The number of aryl methyl sites for hydroxylation is 1. The van der Waals surface area contributed by atoms with Crippen molar-refractivity contribution < 1.29 is 9.72 Å². The average molecular weight is 352 g/mol. The molecule has 0 radical (unpaired) electrons. The lowest BCUT2D eigenvalue weighted by Gasteiger charge is -2.15. The van der Waals surface area contributed by atoms with Gasteiger partial charge in [-0.3, -0.25) is 20.2 Å². The zero-order chi connectivity index (χ0) is 16.6. The van der Waals surface area contributed by atoms with Crippen LogP contribution < -0.4 is 5.32 Å². The van der Waals surface area contributed by atoms with Crippen molar-refractivity contribution in [3.63, 3.8) is 0 Å². The smallest absolute Gasteiger partial charge is 0.270 e. The average Bonchev–Trinajstić information content (AvgIpc) is 2.88. The SMILES string of the molecule is C[C@H]1CCc2nc(NC(=O)c3ccc([N+](=O)[O-])cc3Cl)sc2C1. The van der Waals surface area contributed by atoms with Crippen LogP contribution in [0.3, 0.4) is 0 Å². The minimum atomic E-state index is -0.552. The van der Waals surface area contributed by atoms with E-state index in [-0.39, 0.29) is 16.3 Å². The van der Waals surface area contributed by atoms with Gasteiger partial charge in [0.05, 0.1) is 21.2 Å². The Morgan fingerprint density at radius 2 is 2.30 bits per heavy atom. The number of hydrogen-bond donors (Lipinski definition) is 1. The lowest BCUT2D eigenvalue weighted by atomic mass is 9.93. The Kier molecular flexibility index (Phi) is 4.32. The molecule has 1 N–H and O–H groups in total. The van der Waals surface area contributed by atoms with E-state index in [1.54, 1.807) is 0 Å². The van der Waals surface area contributed by atoms with Crippen LogP contribution in [-0.2, 0) is 12.8 Å². The Balaban J connectivity index is 1.78. The van der Waals surface area contributed by atoms with Gasteiger partial charge < -0.3 is 0 Å². The lowest BCUT2D eigenvalue weighted by molar-refractivity contribution is -0.384. The number of nitrogens with one attached hydrogen (secondary N) is 1. The van der Waals surface area contributed by atoms with Crippen molar-refractivity contribution in [3.8, 4) is 0 Å². The summed E-state index contributed by atoms with van der Waals surface area (Å²) in [5, 5.41) is 14.0. The second-order valence-corrected chi connectivity index (χ2v) is 7.10. The Bertz CT molecular complexity index is 790. The van der Waals surface area contributed by atoms with Crippen LogP contribution in [0.2, 0.25) is 5.02 Å². The molecule has 1 amide bonds. The summed E-state index contributed by atoms with van der Waals surface area (Å²) < 4.78 is 0. The molecule has 6 nitrogen and oxygen atoms in total. The van der Waals surface area contributed by atoms with E-state index in [2.05, 4.69) is 17.2 Å². The fraction of sp³-hybridized carbons (Fsp3) is 0.333. The molecule has 3 rings (SSSR count). The molecule has 2 aromatic rings. The molecule has 1 aromatic heterocycles. The minimum Gasteiger partial charge on any atom is -0.298 e. The number of carbonyl (C=O) groups is 1. The summed E-state index contributed by atoms with van der Waals surface area (Å²) >= 11 is 7.45. The molecule has 1 aromatic carbocycles. The molecule has 120 valence electrons. The second kappa shape index (κ2) is 6.25. The van der Waals surface area contributed by atoms with Crippen LogP contribution in [0.25, 0.3) is 0 Å². The number of nitro benzene ring substituents is 1.